The van der Waals surface area contributed by atoms with Gasteiger partial charge in [0.25, 0.3) is 0 Å². The summed E-state index contributed by atoms with van der Waals surface area (Å²) in [5, 5.41) is 3.18. The van der Waals surface area contributed by atoms with Crippen molar-refractivity contribution >= 4 is 23.6 Å². The van der Waals surface area contributed by atoms with Gasteiger partial charge in [-0.3, -0.25) is 4.79 Å². The second-order valence-electron chi connectivity index (χ2n) is 4.67. The second kappa shape index (κ2) is 5.93. The maximum atomic E-state index is 12.5. The zero-order valence-corrected chi connectivity index (χ0v) is 11.7. The predicted molar refractivity (Wildman–Crippen MR) is 70.2 cm³/mol. The fourth-order valence-electron chi connectivity index (χ4n) is 2.68. The third-order valence-electron chi connectivity index (χ3n) is 3.67. The molecule has 5 nitrogen and oxygen atoms in total. The minimum Gasteiger partial charge on any atom is -0.467 e. The van der Waals surface area contributed by atoms with Crippen LogP contribution in [-0.4, -0.2) is 54.1 Å². The Hall–Kier alpha value is -0.750. The molecule has 0 radical (unpaired) electrons. The minimum atomic E-state index is -0.400. The van der Waals surface area contributed by atoms with Gasteiger partial charge in [0, 0.05) is 0 Å². The summed E-state index contributed by atoms with van der Waals surface area (Å²) in [7, 11) is 3.18. The summed E-state index contributed by atoms with van der Waals surface area (Å²) in [5.74, 6) is 0.708. The Morgan fingerprint density at radius 2 is 2.22 bits per heavy atom. The highest BCUT2D eigenvalue weighted by Gasteiger charge is 2.42. The number of hydrogen-bond acceptors (Lipinski definition) is 5. The molecule has 1 N–H and O–H groups in total. The molecule has 0 aromatic heterocycles. The van der Waals surface area contributed by atoms with Crippen LogP contribution in [0.25, 0.3) is 0 Å². The van der Waals surface area contributed by atoms with Crippen molar-refractivity contribution in [2.45, 2.75) is 43.1 Å². The first-order chi connectivity index (χ1) is 8.69. The molecule has 18 heavy (non-hydrogen) atoms. The van der Waals surface area contributed by atoms with Crippen molar-refractivity contribution in [3.63, 3.8) is 0 Å². The first-order valence-electron chi connectivity index (χ1n) is 6.38. The fourth-order valence-corrected chi connectivity index (χ4v) is 4.07. The number of ether oxygens (including phenoxy) is 1. The van der Waals surface area contributed by atoms with E-state index in [1.807, 2.05) is 0 Å². The first-order valence-corrected chi connectivity index (χ1v) is 7.42. The number of rotatable bonds is 2. The zero-order chi connectivity index (χ0) is 13.1. The summed E-state index contributed by atoms with van der Waals surface area (Å²) in [5.41, 5.74) is 0. The molecule has 0 aliphatic carbocycles. The van der Waals surface area contributed by atoms with E-state index in [0.29, 0.717) is 6.42 Å². The summed E-state index contributed by atoms with van der Waals surface area (Å²) in [6.45, 7) is 0. The van der Waals surface area contributed by atoms with Crippen LogP contribution in [0.1, 0.15) is 25.7 Å². The van der Waals surface area contributed by atoms with Gasteiger partial charge >= 0.3 is 5.97 Å². The van der Waals surface area contributed by atoms with Gasteiger partial charge in [0.05, 0.1) is 18.5 Å². The van der Waals surface area contributed by atoms with Gasteiger partial charge < -0.3 is 15.0 Å². The van der Waals surface area contributed by atoms with Crippen LogP contribution in [0, 0.1) is 0 Å². The van der Waals surface area contributed by atoms with Crippen molar-refractivity contribution < 1.29 is 14.3 Å². The molecule has 102 valence electrons. The Labute approximate surface area is 112 Å². The molecular formula is C12H20N2O3S. The van der Waals surface area contributed by atoms with Gasteiger partial charge in [-0.2, -0.15) is 0 Å². The second-order valence-corrected chi connectivity index (χ2v) is 5.96. The van der Waals surface area contributed by atoms with Gasteiger partial charge in [-0.15, -0.1) is 11.8 Å². The van der Waals surface area contributed by atoms with Crippen LogP contribution in [0.4, 0.5) is 0 Å². The highest BCUT2D eigenvalue weighted by atomic mass is 32.2. The van der Waals surface area contributed by atoms with E-state index in [0.717, 1.165) is 25.0 Å². The molecule has 0 bridgehead atoms. The van der Waals surface area contributed by atoms with E-state index in [9.17, 15) is 9.59 Å². The van der Waals surface area contributed by atoms with E-state index in [2.05, 4.69) is 5.32 Å². The number of carbonyl (C=O) groups is 2. The Kier molecular flexibility index (Phi) is 4.50. The standard InChI is InChI=1S/C12H20N2O3S/c1-13-8-6-7-18-10-5-3-4-9(12(16)17-2)14(10)11(8)15/h8-10,13H,3-7H2,1-2H3/t8?,9?,10-/m0/s1. The van der Waals surface area contributed by atoms with Gasteiger partial charge in [0.1, 0.15) is 6.04 Å². The summed E-state index contributed by atoms with van der Waals surface area (Å²) in [6.07, 6.45) is 3.48. The normalized spacial score (nSPS) is 32.7. The quantitative estimate of drug-likeness (QED) is 0.746. The molecule has 2 fully saturated rings. The third-order valence-corrected chi connectivity index (χ3v) is 4.98. The van der Waals surface area contributed by atoms with E-state index in [4.69, 9.17) is 4.74 Å². The zero-order valence-electron chi connectivity index (χ0n) is 10.8. The lowest BCUT2D eigenvalue weighted by atomic mass is 10.0. The van der Waals surface area contributed by atoms with Crippen molar-refractivity contribution in [3.8, 4) is 0 Å². The highest BCUT2D eigenvalue weighted by molar-refractivity contribution is 7.99. The van der Waals surface area contributed by atoms with Crippen LogP contribution in [0.3, 0.4) is 0 Å². The predicted octanol–water partition coefficient (Wildman–Crippen LogP) is 0.591. The smallest absolute Gasteiger partial charge is 0.328 e. The van der Waals surface area contributed by atoms with Crippen LogP contribution >= 0.6 is 11.8 Å². The molecule has 0 saturated carbocycles. The maximum absolute atomic E-state index is 12.5. The lowest BCUT2D eigenvalue weighted by Crippen LogP contribution is -2.56. The molecule has 2 saturated heterocycles. The molecule has 3 atom stereocenters. The Bertz CT molecular complexity index is 337. The van der Waals surface area contributed by atoms with E-state index in [1.165, 1.54) is 7.11 Å². The van der Waals surface area contributed by atoms with Crippen LogP contribution in [0.5, 0.6) is 0 Å². The van der Waals surface area contributed by atoms with Crippen molar-refractivity contribution in [2.75, 3.05) is 19.9 Å². The number of methoxy groups -OCH3 is 1. The molecule has 2 unspecified atom stereocenters. The number of hydrogen-bond donors (Lipinski definition) is 1. The van der Waals surface area contributed by atoms with E-state index in [1.54, 1.807) is 23.7 Å². The Balaban J connectivity index is 2.23. The Morgan fingerprint density at radius 1 is 1.44 bits per heavy atom. The molecule has 2 aliphatic rings. The number of thioether (sulfide) groups is 1. The number of nitrogens with zero attached hydrogens (tertiary/aromatic N) is 1. The molecular weight excluding hydrogens is 252 g/mol. The average molecular weight is 272 g/mol. The van der Waals surface area contributed by atoms with E-state index < -0.39 is 6.04 Å². The molecule has 6 heteroatoms. The van der Waals surface area contributed by atoms with Gasteiger partial charge in [-0.1, -0.05) is 0 Å². The topological polar surface area (TPSA) is 58.6 Å². The lowest BCUT2D eigenvalue weighted by molar-refractivity contribution is -0.156. The molecule has 0 aromatic carbocycles. The summed E-state index contributed by atoms with van der Waals surface area (Å²) in [4.78, 5) is 26.1. The Morgan fingerprint density at radius 3 is 2.89 bits per heavy atom. The number of fused-ring (bicyclic) bond motifs is 1. The number of piperidine rings is 1. The average Bonchev–Trinajstić information content (AvgIpc) is 2.57. The SMILES string of the molecule is CNC1CCS[C@H]2CCCC(C(=O)OC)N2C1=O. The molecule has 2 rings (SSSR count). The van der Waals surface area contributed by atoms with E-state index >= 15 is 0 Å². The van der Waals surface area contributed by atoms with Gasteiger partial charge in [-0.25, -0.2) is 4.79 Å². The maximum Gasteiger partial charge on any atom is 0.328 e. The number of likely N-dealkylation sites (N-methyl/N-ethyl adjacent to an activating group) is 1. The first kappa shape index (κ1) is 13.7. The van der Waals surface area contributed by atoms with E-state index in [-0.39, 0.29) is 23.3 Å². The number of nitrogens with one attached hydrogen (secondary N) is 1. The molecule has 2 heterocycles. The van der Waals surface area contributed by atoms with Crippen LogP contribution in [0.15, 0.2) is 0 Å². The van der Waals surface area contributed by atoms with Crippen LogP contribution in [-0.2, 0) is 14.3 Å². The minimum absolute atomic E-state index is 0.0441. The highest BCUT2D eigenvalue weighted by Crippen LogP contribution is 2.34. The van der Waals surface area contributed by atoms with Gasteiger partial charge in [0.15, 0.2) is 0 Å². The lowest BCUT2D eigenvalue weighted by Gasteiger charge is -2.40. The van der Waals surface area contributed by atoms with Crippen LogP contribution < -0.4 is 5.32 Å². The number of amides is 1. The number of esters is 1. The molecule has 1 amide bonds. The largest absolute Gasteiger partial charge is 0.467 e. The fraction of sp³-hybridized carbons (Fsp3) is 0.833. The molecule has 0 aromatic rings. The van der Waals surface area contributed by atoms with Crippen molar-refractivity contribution in [1.82, 2.24) is 10.2 Å². The third kappa shape index (κ3) is 2.49. The van der Waals surface area contributed by atoms with Crippen molar-refractivity contribution in [2.24, 2.45) is 0 Å². The molecule has 0 spiro atoms. The summed E-state index contributed by atoms with van der Waals surface area (Å²) >= 11 is 1.78. The molecule has 2 aliphatic heterocycles. The monoisotopic (exact) mass is 272 g/mol. The van der Waals surface area contributed by atoms with Crippen LogP contribution in [0.2, 0.25) is 0 Å². The van der Waals surface area contributed by atoms with Crippen molar-refractivity contribution in [3.05, 3.63) is 0 Å². The number of carbonyl (C=O) groups excluding carboxylic acids is 2. The van der Waals surface area contributed by atoms with Crippen molar-refractivity contribution in [1.29, 1.82) is 0 Å². The van der Waals surface area contributed by atoms with Gasteiger partial charge in [0.2, 0.25) is 5.91 Å². The van der Waals surface area contributed by atoms with Gasteiger partial charge in [-0.05, 0) is 38.5 Å². The summed E-state index contributed by atoms with van der Waals surface area (Å²) < 4.78 is 4.83. The summed E-state index contributed by atoms with van der Waals surface area (Å²) in [6, 6.07) is -0.574.